The number of piperidine rings is 1. The molecule has 1 amide bonds. The summed E-state index contributed by atoms with van der Waals surface area (Å²) in [4.78, 5) is 21.4. The number of aromatic nitrogens is 5. The summed E-state index contributed by atoms with van der Waals surface area (Å²) >= 11 is 0. The first kappa shape index (κ1) is 18.8. The molecule has 1 unspecified atom stereocenters. The molecule has 0 radical (unpaired) electrons. The van der Waals surface area contributed by atoms with E-state index >= 15 is 0 Å². The highest BCUT2D eigenvalue weighted by Gasteiger charge is 2.30. The first-order valence-electron chi connectivity index (χ1n) is 10.4. The zero-order chi connectivity index (χ0) is 20.7. The average Bonchev–Trinajstić information content (AvgIpc) is 3.30. The molecule has 1 saturated heterocycles. The molecule has 9 nitrogen and oxygen atoms in total. The predicted octanol–water partition coefficient (Wildman–Crippen LogP) is 2.75. The van der Waals surface area contributed by atoms with E-state index in [2.05, 4.69) is 20.5 Å². The number of benzene rings is 1. The minimum atomic E-state index is 0.0507. The Morgan fingerprint density at radius 1 is 1.23 bits per heavy atom. The third-order valence-corrected chi connectivity index (χ3v) is 5.78. The lowest BCUT2D eigenvalue weighted by Crippen LogP contribution is -2.40. The molecular formula is C21H25N7O2. The van der Waals surface area contributed by atoms with Gasteiger partial charge in [0.2, 0.25) is 0 Å². The van der Waals surface area contributed by atoms with E-state index in [9.17, 15) is 4.79 Å². The van der Waals surface area contributed by atoms with E-state index in [0.717, 1.165) is 43.7 Å². The Labute approximate surface area is 174 Å². The summed E-state index contributed by atoms with van der Waals surface area (Å²) in [5.74, 6) is 1.65. The molecule has 1 aliphatic heterocycles. The minimum absolute atomic E-state index is 0.0507. The van der Waals surface area contributed by atoms with Crippen molar-refractivity contribution in [1.29, 1.82) is 0 Å². The quantitative estimate of drug-likeness (QED) is 0.642. The lowest BCUT2D eigenvalue weighted by molar-refractivity contribution is 0.0672. The molecule has 1 atom stereocenters. The van der Waals surface area contributed by atoms with Gasteiger partial charge in [0.05, 0.1) is 12.2 Å². The maximum absolute atomic E-state index is 13.1. The summed E-state index contributed by atoms with van der Waals surface area (Å²) in [5.41, 5.74) is 2.30. The molecule has 0 spiro atoms. The van der Waals surface area contributed by atoms with Crippen LogP contribution in [0.15, 0.2) is 35.0 Å². The molecule has 1 saturated carbocycles. The summed E-state index contributed by atoms with van der Waals surface area (Å²) in [7, 11) is 3.94. The first-order chi connectivity index (χ1) is 14.6. The van der Waals surface area contributed by atoms with Crippen molar-refractivity contribution < 1.29 is 9.32 Å². The molecule has 1 aliphatic carbocycles. The minimum Gasteiger partial charge on any atom is -0.378 e. The molecular weight excluding hydrogens is 382 g/mol. The lowest BCUT2D eigenvalue weighted by Gasteiger charge is -2.32. The van der Waals surface area contributed by atoms with Crippen LogP contribution in [-0.2, 0) is 0 Å². The van der Waals surface area contributed by atoms with Gasteiger partial charge in [0.1, 0.15) is 0 Å². The maximum Gasteiger partial charge on any atom is 0.280 e. The van der Waals surface area contributed by atoms with Crippen molar-refractivity contribution in [2.45, 2.75) is 37.6 Å². The third-order valence-electron chi connectivity index (χ3n) is 5.78. The zero-order valence-corrected chi connectivity index (χ0v) is 17.2. The van der Waals surface area contributed by atoms with Gasteiger partial charge in [-0.15, -0.1) is 5.10 Å². The summed E-state index contributed by atoms with van der Waals surface area (Å²) in [6.45, 7) is 1.35. The number of amides is 1. The van der Waals surface area contributed by atoms with E-state index in [0.29, 0.717) is 29.6 Å². The van der Waals surface area contributed by atoms with Crippen molar-refractivity contribution in [1.82, 2.24) is 30.0 Å². The van der Waals surface area contributed by atoms with Gasteiger partial charge < -0.3 is 14.3 Å². The highest BCUT2D eigenvalue weighted by molar-refractivity contribution is 5.95. The van der Waals surface area contributed by atoms with Crippen LogP contribution < -0.4 is 4.90 Å². The number of rotatable bonds is 5. The van der Waals surface area contributed by atoms with Crippen LogP contribution in [0.3, 0.4) is 0 Å². The summed E-state index contributed by atoms with van der Waals surface area (Å²) < 4.78 is 7.18. The summed E-state index contributed by atoms with van der Waals surface area (Å²) in [6.07, 6.45) is 5.95. The van der Waals surface area contributed by atoms with E-state index in [-0.39, 0.29) is 11.9 Å². The molecule has 2 fully saturated rings. The van der Waals surface area contributed by atoms with Crippen molar-refractivity contribution in [3.05, 3.63) is 41.9 Å². The van der Waals surface area contributed by atoms with E-state index in [4.69, 9.17) is 4.52 Å². The van der Waals surface area contributed by atoms with Crippen LogP contribution in [0.25, 0.3) is 11.6 Å². The second-order valence-electron chi connectivity index (χ2n) is 8.31. The maximum atomic E-state index is 13.1. The molecule has 156 valence electrons. The Hall–Kier alpha value is -3.23. The van der Waals surface area contributed by atoms with Crippen LogP contribution in [0.2, 0.25) is 0 Å². The summed E-state index contributed by atoms with van der Waals surface area (Å²) in [6, 6.07) is 7.81. The van der Waals surface area contributed by atoms with Gasteiger partial charge in [0.15, 0.2) is 11.5 Å². The Balaban J connectivity index is 1.30. The Kier molecular flexibility index (Phi) is 4.72. The van der Waals surface area contributed by atoms with Crippen molar-refractivity contribution >= 4 is 11.6 Å². The number of hydrogen-bond acceptors (Lipinski definition) is 7. The van der Waals surface area contributed by atoms with Crippen LogP contribution in [0.4, 0.5) is 5.69 Å². The van der Waals surface area contributed by atoms with E-state index < -0.39 is 0 Å². The van der Waals surface area contributed by atoms with E-state index in [1.807, 2.05) is 59.0 Å². The van der Waals surface area contributed by atoms with Gasteiger partial charge >= 0.3 is 0 Å². The van der Waals surface area contributed by atoms with Crippen LogP contribution >= 0.6 is 0 Å². The van der Waals surface area contributed by atoms with Crippen molar-refractivity contribution in [2.24, 2.45) is 0 Å². The SMILES string of the molecule is CN(C)c1cccc(C(=O)N2CCCC(n3cc(-c4nc(C5CC5)no4)nn3)C2)c1. The van der Waals surface area contributed by atoms with Gasteiger partial charge in [0, 0.05) is 44.4 Å². The summed E-state index contributed by atoms with van der Waals surface area (Å²) in [5, 5.41) is 12.6. The average molecular weight is 407 g/mol. The molecule has 2 aliphatic rings. The first-order valence-corrected chi connectivity index (χ1v) is 10.4. The van der Waals surface area contributed by atoms with Crippen LogP contribution in [0.5, 0.6) is 0 Å². The van der Waals surface area contributed by atoms with Gasteiger partial charge in [0.25, 0.3) is 11.8 Å². The van der Waals surface area contributed by atoms with Gasteiger partial charge in [-0.25, -0.2) is 4.68 Å². The molecule has 2 aromatic heterocycles. The number of hydrogen-bond donors (Lipinski definition) is 0. The van der Waals surface area contributed by atoms with Crippen LogP contribution in [0.1, 0.15) is 53.8 Å². The monoisotopic (exact) mass is 407 g/mol. The standard InChI is InChI=1S/C21H25N7O2/c1-26(2)16-6-3-5-15(11-16)21(29)27-10-4-7-17(12-27)28-13-18(23-25-28)20-22-19(24-30-20)14-8-9-14/h3,5-6,11,13-14,17H,4,7-10,12H2,1-2H3. The Morgan fingerprint density at radius 2 is 2.10 bits per heavy atom. The number of anilines is 1. The van der Waals surface area contributed by atoms with Gasteiger partial charge in [-0.1, -0.05) is 16.4 Å². The van der Waals surface area contributed by atoms with Crippen molar-refractivity contribution in [3.8, 4) is 11.6 Å². The molecule has 0 bridgehead atoms. The third kappa shape index (κ3) is 3.67. The van der Waals surface area contributed by atoms with Crippen molar-refractivity contribution in [2.75, 3.05) is 32.1 Å². The normalized spacial score (nSPS) is 19.1. The molecule has 3 aromatic rings. The number of nitrogens with zero attached hydrogens (tertiary/aromatic N) is 7. The molecule has 1 aromatic carbocycles. The van der Waals surface area contributed by atoms with E-state index in [1.54, 1.807) is 0 Å². The smallest absolute Gasteiger partial charge is 0.280 e. The molecule has 0 N–H and O–H groups in total. The Bertz CT molecular complexity index is 1050. The van der Waals surface area contributed by atoms with Crippen molar-refractivity contribution in [3.63, 3.8) is 0 Å². The van der Waals surface area contributed by atoms with E-state index in [1.165, 1.54) is 0 Å². The fourth-order valence-corrected chi connectivity index (χ4v) is 3.85. The molecule has 3 heterocycles. The van der Waals surface area contributed by atoms with Gasteiger partial charge in [-0.2, -0.15) is 4.98 Å². The topological polar surface area (TPSA) is 93.2 Å². The fourth-order valence-electron chi connectivity index (χ4n) is 3.85. The number of likely N-dealkylation sites (tertiary alicyclic amines) is 1. The second-order valence-corrected chi connectivity index (χ2v) is 8.31. The Morgan fingerprint density at radius 3 is 2.90 bits per heavy atom. The molecule has 9 heteroatoms. The highest BCUT2D eigenvalue weighted by Crippen LogP contribution is 2.38. The fraction of sp³-hybridized carbons (Fsp3) is 0.476. The highest BCUT2D eigenvalue weighted by atomic mass is 16.5. The van der Waals surface area contributed by atoms with Crippen LogP contribution in [-0.4, -0.2) is 63.1 Å². The number of carbonyl (C=O) groups excluding carboxylic acids is 1. The predicted molar refractivity (Wildman–Crippen MR) is 110 cm³/mol. The number of carbonyl (C=O) groups is 1. The van der Waals surface area contributed by atoms with Gasteiger partial charge in [-0.3, -0.25) is 4.79 Å². The molecule has 5 rings (SSSR count). The molecule has 30 heavy (non-hydrogen) atoms. The largest absolute Gasteiger partial charge is 0.378 e. The lowest BCUT2D eigenvalue weighted by atomic mass is 10.0. The van der Waals surface area contributed by atoms with Crippen LogP contribution in [0, 0.1) is 0 Å². The zero-order valence-electron chi connectivity index (χ0n) is 17.2. The van der Waals surface area contributed by atoms with Gasteiger partial charge in [-0.05, 0) is 43.9 Å². The second kappa shape index (κ2) is 7.55.